The van der Waals surface area contributed by atoms with Crippen LogP contribution in [0, 0.1) is 0 Å². The number of methoxy groups -OCH3 is 1. The van der Waals surface area contributed by atoms with Gasteiger partial charge in [0.1, 0.15) is 5.75 Å². The van der Waals surface area contributed by atoms with E-state index < -0.39 is 5.54 Å². The molecule has 0 spiro atoms. The summed E-state index contributed by atoms with van der Waals surface area (Å²) in [5.74, 6) is 0.576. The zero-order valence-corrected chi connectivity index (χ0v) is 12.5. The Morgan fingerprint density at radius 2 is 2.10 bits per heavy atom. The van der Waals surface area contributed by atoms with Crippen molar-refractivity contribution in [3.05, 3.63) is 28.8 Å². The molecule has 0 unspecified atom stereocenters. The van der Waals surface area contributed by atoms with E-state index in [0.717, 1.165) is 37.7 Å². The van der Waals surface area contributed by atoms with E-state index in [1.807, 2.05) is 12.1 Å². The van der Waals surface area contributed by atoms with Gasteiger partial charge in [-0.05, 0) is 25.0 Å². The monoisotopic (exact) mass is 296 g/mol. The number of amides is 1. The molecule has 0 saturated heterocycles. The first-order valence-electron chi connectivity index (χ1n) is 6.95. The molecule has 0 radical (unpaired) electrons. The van der Waals surface area contributed by atoms with Crippen LogP contribution in [-0.2, 0) is 11.3 Å². The fraction of sp³-hybridized carbons (Fsp3) is 0.533. The van der Waals surface area contributed by atoms with Gasteiger partial charge in [0.05, 0.1) is 12.6 Å². The van der Waals surface area contributed by atoms with Crippen molar-refractivity contribution in [1.82, 2.24) is 5.32 Å². The molecule has 1 fully saturated rings. The van der Waals surface area contributed by atoms with Crippen molar-refractivity contribution in [2.24, 2.45) is 5.73 Å². The summed E-state index contributed by atoms with van der Waals surface area (Å²) in [5, 5.41) is 3.48. The van der Waals surface area contributed by atoms with Gasteiger partial charge in [0, 0.05) is 17.1 Å². The molecule has 0 atom stereocenters. The van der Waals surface area contributed by atoms with Crippen LogP contribution in [0.25, 0.3) is 0 Å². The smallest absolute Gasteiger partial charge is 0.240 e. The summed E-state index contributed by atoms with van der Waals surface area (Å²) in [6.07, 6.45) is 4.68. The summed E-state index contributed by atoms with van der Waals surface area (Å²) in [7, 11) is 1.59. The topological polar surface area (TPSA) is 64.3 Å². The van der Waals surface area contributed by atoms with Gasteiger partial charge in [-0.3, -0.25) is 4.79 Å². The summed E-state index contributed by atoms with van der Waals surface area (Å²) < 4.78 is 5.26. The number of rotatable bonds is 4. The minimum absolute atomic E-state index is 0.0980. The van der Waals surface area contributed by atoms with Crippen molar-refractivity contribution in [2.75, 3.05) is 7.11 Å². The molecular formula is C15H21ClN2O2. The second-order valence-electron chi connectivity index (χ2n) is 5.32. The molecule has 1 aliphatic rings. The Bertz CT molecular complexity index is 485. The number of benzene rings is 1. The molecule has 1 aromatic rings. The fourth-order valence-corrected chi connectivity index (χ4v) is 2.89. The third-order valence-electron chi connectivity index (χ3n) is 3.92. The first kappa shape index (κ1) is 15.1. The fourth-order valence-electron chi connectivity index (χ4n) is 2.66. The molecule has 1 aliphatic carbocycles. The van der Waals surface area contributed by atoms with Gasteiger partial charge in [-0.25, -0.2) is 0 Å². The average Bonchev–Trinajstić information content (AvgIpc) is 2.46. The molecule has 0 aromatic heterocycles. The highest BCUT2D eigenvalue weighted by molar-refractivity contribution is 6.31. The Morgan fingerprint density at radius 1 is 1.40 bits per heavy atom. The normalized spacial score (nSPS) is 17.6. The van der Waals surface area contributed by atoms with E-state index in [1.54, 1.807) is 13.2 Å². The highest BCUT2D eigenvalue weighted by Crippen LogP contribution is 2.28. The van der Waals surface area contributed by atoms with E-state index in [-0.39, 0.29) is 5.91 Å². The number of hydrogen-bond acceptors (Lipinski definition) is 3. The summed E-state index contributed by atoms with van der Waals surface area (Å²) in [5.41, 5.74) is 6.25. The maximum atomic E-state index is 12.3. The van der Waals surface area contributed by atoms with Gasteiger partial charge < -0.3 is 15.8 Å². The lowest BCUT2D eigenvalue weighted by Crippen LogP contribution is -2.54. The highest BCUT2D eigenvalue weighted by Gasteiger charge is 2.35. The summed E-state index contributed by atoms with van der Waals surface area (Å²) in [6.45, 7) is 0.334. The molecule has 1 saturated carbocycles. The predicted molar refractivity (Wildman–Crippen MR) is 79.9 cm³/mol. The van der Waals surface area contributed by atoms with Gasteiger partial charge in [0.15, 0.2) is 0 Å². The lowest BCUT2D eigenvalue weighted by atomic mass is 9.82. The van der Waals surface area contributed by atoms with Crippen molar-refractivity contribution in [3.63, 3.8) is 0 Å². The summed E-state index contributed by atoms with van der Waals surface area (Å²) in [4.78, 5) is 12.3. The zero-order chi connectivity index (χ0) is 14.6. The van der Waals surface area contributed by atoms with Crippen molar-refractivity contribution >= 4 is 17.5 Å². The lowest BCUT2D eigenvalue weighted by molar-refractivity contribution is -0.127. The number of hydrogen-bond donors (Lipinski definition) is 2. The van der Waals surface area contributed by atoms with Gasteiger partial charge in [-0.15, -0.1) is 0 Å². The number of nitrogens with one attached hydrogen (secondary N) is 1. The third kappa shape index (κ3) is 3.25. The Kier molecular flexibility index (Phi) is 4.89. The molecule has 3 N–H and O–H groups in total. The quantitative estimate of drug-likeness (QED) is 0.898. The Labute approximate surface area is 124 Å². The van der Waals surface area contributed by atoms with E-state index in [4.69, 9.17) is 22.1 Å². The van der Waals surface area contributed by atoms with E-state index in [9.17, 15) is 4.79 Å². The van der Waals surface area contributed by atoms with Crippen LogP contribution in [0.15, 0.2) is 18.2 Å². The number of nitrogens with two attached hydrogens (primary N) is 1. The average molecular weight is 297 g/mol. The highest BCUT2D eigenvalue weighted by atomic mass is 35.5. The maximum Gasteiger partial charge on any atom is 0.240 e. The number of halogens is 1. The van der Waals surface area contributed by atoms with Crippen LogP contribution in [0.2, 0.25) is 5.02 Å². The van der Waals surface area contributed by atoms with Crippen LogP contribution >= 0.6 is 11.6 Å². The maximum absolute atomic E-state index is 12.3. The van der Waals surface area contributed by atoms with Gasteiger partial charge >= 0.3 is 0 Å². The Morgan fingerprint density at radius 3 is 2.75 bits per heavy atom. The van der Waals surface area contributed by atoms with Crippen LogP contribution in [0.3, 0.4) is 0 Å². The molecular weight excluding hydrogens is 276 g/mol. The summed E-state index contributed by atoms with van der Waals surface area (Å²) in [6, 6.07) is 5.43. The van der Waals surface area contributed by atoms with Gasteiger partial charge in [0.2, 0.25) is 5.91 Å². The molecule has 1 amide bonds. The minimum Gasteiger partial charge on any atom is -0.496 e. The molecule has 1 aromatic carbocycles. The standard InChI is InChI=1S/C15H21ClN2O2/c1-20-13-7-5-6-12(16)11(13)10-18-14(19)15(17)8-3-2-4-9-15/h5-7H,2-4,8-10,17H2,1H3,(H,18,19). The van der Waals surface area contributed by atoms with E-state index in [0.29, 0.717) is 17.3 Å². The van der Waals surface area contributed by atoms with Gasteiger partial charge in [-0.1, -0.05) is 36.9 Å². The molecule has 0 heterocycles. The molecule has 5 heteroatoms. The summed E-state index contributed by atoms with van der Waals surface area (Å²) >= 11 is 6.15. The first-order valence-corrected chi connectivity index (χ1v) is 7.33. The van der Waals surface area contributed by atoms with Crippen LogP contribution in [-0.4, -0.2) is 18.6 Å². The Hall–Kier alpha value is -1.26. The predicted octanol–water partition coefficient (Wildman–Crippen LogP) is 2.63. The number of carbonyl (C=O) groups is 1. The number of ether oxygens (including phenoxy) is 1. The van der Waals surface area contributed by atoms with Gasteiger partial charge in [0.25, 0.3) is 0 Å². The van der Waals surface area contributed by atoms with Crippen LogP contribution < -0.4 is 15.8 Å². The zero-order valence-electron chi connectivity index (χ0n) is 11.7. The SMILES string of the molecule is COc1cccc(Cl)c1CNC(=O)C1(N)CCCCC1. The largest absolute Gasteiger partial charge is 0.496 e. The second-order valence-corrected chi connectivity index (χ2v) is 5.73. The molecule has 20 heavy (non-hydrogen) atoms. The van der Waals surface area contributed by atoms with Crippen molar-refractivity contribution in [1.29, 1.82) is 0 Å². The second kappa shape index (κ2) is 6.46. The van der Waals surface area contributed by atoms with Crippen LogP contribution in [0.5, 0.6) is 5.75 Å². The third-order valence-corrected chi connectivity index (χ3v) is 4.27. The van der Waals surface area contributed by atoms with Crippen LogP contribution in [0.1, 0.15) is 37.7 Å². The molecule has 2 rings (SSSR count). The first-order chi connectivity index (χ1) is 9.57. The van der Waals surface area contributed by atoms with E-state index in [2.05, 4.69) is 5.32 Å². The minimum atomic E-state index is -0.729. The van der Waals surface area contributed by atoms with Crippen molar-refractivity contribution in [3.8, 4) is 5.75 Å². The number of carbonyl (C=O) groups excluding carboxylic acids is 1. The Balaban J connectivity index is 2.03. The molecule has 0 bridgehead atoms. The molecule has 110 valence electrons. The van der Waals surface area contributed by atoms with Crippen LogP contribution in [0.4, 0.5) is 0 Å². The van der Waals surface area contributed by atoms with Crippen molar-refractivity contribution in [2.45, 2.75) is 44.2 Å². The van der Waals surface area contributed by atoms with E-state index >= 15 is 0 Å². The van der Waals surface area contributed by atoms with Gasteiger partial charge in [-0.2, -0.15) is 0 Å². The van der Waals surface area contributed by atoms with E-state index in [1.165, 1.54) is 0 Å². The lowest BCUT2D eigenvalue weighted by Gasteiger charge is -2.31. The van der Waals surface area contributed by atoms with Crippen molar-refractivity contribution < 1.29 is 9.53 Å². The molecule has 4 nitrogen and oxygen atoms in total. The molecule has 0 aliphatic heterocycles.